The molecule has 0 aliphatic carbocycles. The maximum Gasteiger partial charge on any atom is 0.230 e. The summed E-state index contributed by atoms with van der Waals surface area (Å²) >= 11 is 12.4. The number of hydrogen-bond donors (Lipinski definition) is 0. The Morgan fingerprint density at radius 2 is 1.81 bits per heavy atom. The summed E-state index contributed by atoms with van der Waals surface area (Å²) in [6.07, 6.45) is 3.88. The molecule has 1 aliphatic heterocycles. The number of rotatable bonds is 7. The molecule has 2 aromatic carbocycles. The molecule has 2 aromatic rings. The first-order valence-electron chi connectivity index (χ1n) is 10.6. The van der Waals surface area contributed by atoms with Crippen molar-refractivity contribution in [2.75, 3.05) is 0 Å². The smallest absolute Gasteiger partial charge is 0.230 e. The average Bonchev–Trinajstić information content (AvgIpc) is 2.72. The van der Waals surface area contributed by atoms with E-state index in [1.165, 1.54) is 0 Å². The van der Waals surface area contributed by atoms with E-state index in [1.54, 1.807) is 11.0 Å². The first-order chi connectivity index (χ1) is 14.7. The minimum absolute atomic E-state index is 0.00745. The van der Waals surface area contributed by atoms with Gasteiger partial charge in [0, 0.05) is 16.0 Å². The molecule has 3 nitrogen and oxygen atoms in total. The second kappa shape index (κ2) is 9.58. The molecule has 1 amide bonds. The highest BCUT2D eigenvalue weighted by atomic mass is 35.5. The highest BCUT2D eigenvalue weighted by Gasteiger charge is 2.52. The van der Waals surface area contributed by atoms with Gasteiger partial charge in [-0.05, 0) is 61.1 Å². The largest absolute Gasteiger partial charge is 0.325 e. The van der Waals surface area contributed by atoms with Crippen molar-refractivity contribution in [1.29, 1.82) is 0 Å². The van der Waals surface area contributed by atoms with E-state index >= 15 is 0 Å². The van der Waals surface area contributed by atoms with Crippen LogP contribution in [0.1, 0.15) is 56.7 Å². The Hall–Kier alpha value is -2.10. The molecule has 0 spiro atoms. The topological polar surface area (TPSA) is 37.4 Å². The molecule has 0 bridgehead atoms. The molecule has 0 aromatic heterocycles. The van der Waals surface area contributed by atoms with Crippen LogP contribution >= 0.6 is 23.2 Å². The van der Waals surface area contributed by atoms with E-state index in [-0.39, 0.29) is 23.8 Å². The number of benzene rings is 2. The first-order valence-corrected chi connectivity index (χ1v) is 11.4. The van der Waals surface area contributed by atoms with Gasteiger partial charge in [-0.25, -0.2) is 0 Å². The molecule has 1 aliphatic rings. The van der Waals surface area contributed by atoms with Crippen LogP contribution in [-0.2, 0) is 9.59 Å². The maximum atomic E-state index is 14.1. The summed E-state index contributed by atoms with van der Waals surface area (Å²) in [5.74, 6) is -0.116. The number of nitrogens with zero attached hydrogens (tertiary/aromatic N) is 1. The van der Waals surface area contributed by atoms with Gasteiger partial charge in [0.25, 0.3) is 0 Å². The summed E-state index contributed by atoms with van der Waals surface area (Å²) in [5, 5.41) is 1.28. The quantitative estimate of drug-likeness (QED) is 0.336. The fourth-order valence-corrected chi connectivity index (χ4v) is 5.13. The summed E-state index contributed by atoms with van der Waals surface area (Å²) in [6, 6.07) is 14.5. The number of likely N-dealkylation sites (tertiary alicyclic amines) is 1. The summed E-state index contributed by atoms with van der Waals surface area (Å²) in [6.45, 7) is 9.84. The van der Waals surface area contributed by atoms with Gasteiger partial charge in [0.2, 0.25) is 5.91 Å². The normalized spacial score (nSPS) is 24.8. The van der Waals surface area contributed by atoms with Crippen molar-refractivity contribution >= 4 is 35.4 Å². The Bertz CT molecular complexity index is 956. The highest BCUT2D eigenvalue weighted by Crippen LogP contribution is 2.53. The molecule has 1 fully saturated rings. The van der Waals surface area contributed by atoms with Crippen molar-refractivity contribution in [3.63, 3.8) is 0 Å². The van der Waals surface area contributed by atoms with Crippen molar-refractivity contribution in [3.8, 4) is 0 Å². The summed E-state index contributed by atoms with van der Waals surface area (Å²) in [5.41, 5.74) is 1.26. The van der Waals surface area contributed by atoms with Gasteiger partial charge in [0.05, 0.1) is 17.5 Å². The monoisotopic (exact) mass is 457 g/mol. The lowest BCUT2D eigenvalue weighted by Crippen LogP contribution is -2.57. The van der Waals surface area contributed by atoms with Gasteiger partial charge in [0.15, 0.2) is 0 Å². The maximum absolute atomic E-state index is 14.1. The SMILES string of the molecule is C=CC[C@]1(C)C(=O)N(C(C=O)C(C)C)[C@H](c2ccc(Cl)cc2)CC1c1cccc(Cl)c1. The number of carbonyl (C=O) groups excluding carboxylic acids is 2. The zero-order valence-electron chi connectivity index (χ0n) is 18.2. The zero-order valence-corrected chi connectivity index (χ0v) is 19.7. The summed E-state index contributed by atoms with van der Waals surface area (Å²) in [4.78, 5) is 28.1. The minimum atomic E-state index is -0.731. The van der Waals surface area contributed by atoms with Crippen LogP contribution in [0.2, 0.25) is 10.0 Å². The second-order valence-corrected chi connectivity index (χ2v) is 9.78. The Kier molecular flexibility index (Phi) is 7.28. The van der Waals surface area contributed by atoms with Crippen LogP contribution in [0, 0.1) is 11.3 Å². The molecule has 0 N–H and O–H groups in total. The Morgan fingerprint density at radius 1 is 1.13 bits per heavy atom. The molecule has 1 heterocycles. The molecular formula is C26H29Cl2NO2. The lowest BCUT2D eigenvalue weighted by atomic mass is 9.64. The molecule has 5 heteroatoms. The molecule has 0 saturated carbocycles. The Labute approximate surface area is 195 Å². The predicted octanol–water partition coefficient (Wildman–Crippen LogP) is 6.86. The van der Waals surface area contributed by atoms with E-state index in [1.807, 2.05) is 69.3 Å². The molecule has 4 atom stereocenters. The molecular weight excluding hydrogens is 429 g/mol. The van der Waals surface area contributed by atoms with Crippen LogP contribution in [0.25, 0.3) is 0 Å². The van der Waals surface area contributed by atoms with E-state index in [2.05, 4.69) is 6.58 Å². The van der Waals surface area contributed by atoms with E-state index < -0.39 is 11.5 Å². The van der Waals surface area contributed by atoms with Gasteiger partial charge in [0.1, 0.15) is 6.29 Å². The van der Waals surface area contributed by atoms with Crippen LogP contribution in [0.5, 0.6) is 0 Å². The Balaban J connectivity index is 2.19. The number of piperidine rings is 1. The minimum Gasteiger partial charge on any atom is -0.325 e. The van der Waals surface area contributed by atoms with Crippen molar-refractivity contribution in [2.24, 2.45) is 11.3 Å². The van der Waals surface area contributed by atoms with Crippen molar-refractivity contribution in [3.05, 3.63) is 82.4 Å². The van der Waals surface area contributed by atoms with Crippen LogP contribution in [0.15, 0.2) is 61.2 Å². The number of allylic oxidation sites excluding steroid dienone is 1. The van der Waals surface area contributed by atoms with Crippen molar-refractivity contribution < 1.29 is 9.59 Å². The van der Waals surface area contributed by atoms with Crippen LogP contribution < -0.4 is 0 Å². The van der Waals surface area contributed by atoms with Gasteiger partial charge in [-0.2, -0.15) is 0 Å². The molecule has 2 unspecified atom stereocenters. The van der Waals surface area contributed by atoms with Gasteiger partial charge in [-0.15, -0.1) is 6.58 Å². The zero-order chi connectivity index (χ0) is 22.8. The fourth-order valence-electron chi connectivity index (χ4n) is 4.81. The number of carbonyl (C=O) groups is 2. The van der Waals surface area contributed by atoms with Gasteiger partial charge < -0.3 is 9.69 Å². The van der Waals surface area contributed by atoms with E-state index in [9.17, 15) is 9.59 Å². The van der Waals surface area contributed by atoms with Crippen LogP contribution in [-0.4, -0.2) is 23.1 Å². The molecule has 1 saturated heterocycles. The summed E-state index contributed by atoms with van der Waals surface area (Å²) in [7, 11) is 0. The second-order valence-electron chi connectivity index (χ2n) is 8.90. The van der Waals surface area contributed by atoms with E-state index in [0.29, 0.717) is 22.9 Å². The Morgan fingerprint density at radius 3 is 2.35 bits per heavy atom. The first kappa shape index (κ1) is 23.6. The third kappa shape index (κ3) is 4.58. The fraction of sp³-hybridized carbons (Fsp3) is 0.385. The lowest BCUT2D eigenvalue weighted by Gasteiger charge is -2.52. The van der Waals surface area contributed by atoms with E-state index in [0.717, 1.165) is 17.4 Å². The number of amides is 1. The van der Waals surface area contributed by atoms with Crippen molar-refractivity contribution in [1.82, 2.24) is 4.90 Å². The molecule has 164 valence electrons. The van der Waals surface area contributed by atoms with E-state index in [4.69, 9.17) is 23.2 Å². The number of hydrogen-bond acceptors (Lipinski definition) is 2. The van der Waals surface area contributed by atoms with Crippen LogP contribution in [0.3, 0.4) is 0 Å². The average molecular weight is 458 g/mol. The number of aldehydes is 1. The standard InChI is InChI=1S/C26H29Cl2NO2/c1-5-13-26(4)22(19-7-6-8-21(28)14-19)15-23(18-9-11-20(27)12-10-18)29(25(26)31)24(16-30)17(2)3/h5-12,14,16-17,22-24H,1,13,15H2,2-4H3/t22?,23-,24?,26-/m0/s1. The highest BCUT2D eigenvalue weighted by molar-refractivity contribution is 6.30. The molecule has 3 rings (SSSR count). The van der Waals surface area contributed by atoms with Gasteiger partial charge in [-0.3, -0.25) is 4.79 Å². The van der Waals surface area contributed by atoms with Crippen molar-refractivity contribution in [2.45, 2.75) is 51.6 Å². The molecule has 31 heavy (non-hydrogen) atoms. The lowest BCUT2D eigenvalue weighted by molar-refractivity contribution is -0.157. The number of halogens is 2. The molecule has 0 radical (unpaired) electrons. The van der Waals surface area contributed by atoms with Crippen LogP contribution in [0.4, 0.5) is 0 Å². The third-order valence-electron chi connectivity index (χ3n) is 6.50. The predicted molar refractivity (Wildman–Crippen MR) is 127 cm³/mol. The third-order valence-corrected chi connectivity index (χ3v) is 6.99. The van der Waals surface area contributed by atoms with Gasteiger partial charge in [-0.1, -0.05) is 67.4 Å². The summed E-state index contributed by atoms with van der Waals surface area (Å²) < 4.78 is 0. The van der Waals surface area contributed by atoms with Gasteiger partial charge >= 0.3 is 0 Å².